The SMILES string of the molecule is CCOc1ccc(CCc2ccc(-c3ccc(CCC=C(C)F)cc3)cc2)c(F)c1F. The molecule has 0 heterocycles. The third-order valence-electron chi connectivity index (χ3n) is 5.21. The van der Waals surface area contributed by atoms with Gasteiger partial charge in [0.2, 0.25) is 5.82 Å². The highest BCUT2D eigenvalue weighted by atomic mass is 19.2. The molecule has 162 valence electrons. The van der Waals surface area contributed by atoms with Gasteiger partial charge in [-0.05, 0) is 73.4 Å². The van der Waals surface area contributed by atoms with Crippen LogP contribution in [0.15, 0.2) is 72.6 Å². The first kappa shape index (κ1) is 22.7. The summed E-state index contributed by atoms with van der Waals surface area (Å²) in [4.78, 5) is 0. The van der Waals surface area contributed by atoms with Crippen LogP contribution in [0.4, 0.5) is 13.2 Å². The maximum Gasteiger partial charge on any atom is 0.200 e. The van der Waals surface area contributed by atoms with Gasteiger partial charge in [0, 0.05) is 0 Å². The number of hydrogen-bond donors (Lipinski definition) is 0. The molecular formula is C27H27F3O. The molecule has 31 heavy (non-hydrogen) atoms. The van der Waals surface area contributed by atoms with E-state index in [1.807, 2.05) is 24.3 Å². The van der Waals surface area contributed by atoms with E-state index in [9.17, 15) is 13.2 Å². The molecule has 0 aromatic heterocycles. The minimum absolute atomic E-state index is 0.0480. The molecule has 0 atom stereocenters. The normalized spacial score (nSPS) is 11.6. The Morgan fingerprint density at radius 2 is 1.35 bits per heavy atom. The van der Waals surface area contributed by atoms with Crippen molar-refractivity contribution >= 4 is 0 Å². The van der Waals surface area contributed by atoms with Gasteiger partial charge in [0.05, 0.1) is 12.4 Å². The van der Waals surface area contributed by atoms with Crippen molar-refractivity contribution in [3.63, 3.8) is 0 Å². The van der Waals surface area contributed by atoms with E-state index in [0.29, 0.717) is 31.4 Å². The average Bonchev–Trinajstić information content (AvgIpc) is 2.77. The summed E-state index contributed by atoms with van der Waals surface area (Å²) in [7, 11) is 0. The molecule has 0 spiro atoms. The first-order valence-corrected chi connectivity index (χ1v) is 10.6. The standard InChI is InChI=1S/C27H27F3O/c1-3-31-25-18-17-24(26(29)27(25)30)16-11-21-9-14-23(15-10-21)22-12-7-20(8-13-22)6-4-5-19(2)28/h5,7-10,12-15,17-18H,3-4,6,11,16H2,1-2H3. The highest BCUT2D eigenvalue weighted by Crippen LogP contribution is 2.25. The lowest BCUT2D eigenvalue weighted by molar-refractivity contribution is 0.313. The number of allylic oxidation sites excluding steroid dienone is 2. The van der Waals surface area contributed by atoms with Crippen LogP contribution in [0.5, 0.6) is 5.75 Å². The monoisotopic (exact) mass is 424 g/mol. The fraction of sp³-hybridized carbons (Fsp3) is 0.259. The number of rotatable bonds is 9. The summed E-state index contributed by atoms with van der Waals surface area (Å²) in [5.74, 6) is -1.95. The Balaban J connectivity index is 1.60. The van der Waals surface area contributed by atoms with Gasteiger partial charge in [-0.3, -0.25) is 0 Å². The van der Waals surface area contributed by atoms with Gasteiger partial charge in [-0.25, -0.2) is 8.78 Å². The van der Waals surface area contributed by atoms with Gasteiger partial charge in [-0.15, -0.1) is 0 Å². The summed E-state index contributed by atoms with van der Waals surface area (Å²) in [5, 5.41) is 0. The lowest BCUT2D eigenvalue weighted by atomic mass is 9.99. The third kappa shape index (κ3) is 6.24. The highest BCUT2D eigenvalue weighted by molar-refractivity contribution is 5.64. The summed E-state index contributed by atoms with van der Waals surface area (Å²) in [5.41, 5.74) is 4.77. The van der Waals surface area contributed by atoms with E-state index < -0.39 is 11.6 Å². The highest BCUT2D eigenvalue weighted by Gasteiger charge is 2.14. The minimum atomic E-state index is -0.922. The van der Waals surface area contributed by atoms with Crippen LogP contribution in [0, 0.1) is 11.6 Å². The van der Waals surface area contributed by atoms with Crippen LogP contribution in [-0.4, -0.2) is 6.61 Å². The van der Waals surface area contributed by atoms with Gasteiger partial charge < -0.3 is 4.74 Å². The van der Waals surface area contributed by atoms with Crippen molar-refractivity contribution in [1.82, 2.24) is 0 Å². The fourth-order valence-corrected chi connectivity index (χ4v) is 3.48. The summed E-state index contributed by atoms with van der Waals surface area (Å²) in [6.45, 7) is 3.48. The summed E-state index contributed by atoms with van der Waals surface area (Å²) in [6, 6.07) is 19.4. The Morgan fingerprint density at radius 3 is 1.90 bits per heavy atom. The molecule has 4 heteroatoms. The topological polar surface area (TPSA) is 9.23 Å². The molecule has 0 radical (unpaired) electrons. The molecule has 0 amide bonds. The summed E-state index contributed by atoms with van der Waals surface area (Å²) >= 11 is 0. The summed E-state index contributed by atoms with van der Waals surface area (Å²) in [6.07, 6.45) is 4.12. The van der Waals surface area contributed by atoms with E-state index in [4.69, 9.17) is 4.74 Å². The Hall–Kier alpha value is -3.01. The van der Waals surface area contributed by atoms with Crippen molar-refractivity contribution in [2.75, 3.05) is 6.61 Å². The molecule has 0 saturated carbocycles. The number of hydrogen-bond acceptors (Lipinski definition) is 1. The minimum Gasteiger partial charge on any atom is -0.491 e. The fourth-order valence-electron chi connectivity index (χ4n) is 3.48. The van der Waals surface area contributed by atoms with Crippen molar-refractivity contribution in [3.8, 4) is 16.9 Å². The van der Waals surface area contributed by atoms with E-state index >= 15 is 0 Å². The van der Waals surface area contributed by atoms with E-state index in [0.717, 1.165) is 23.1 Å². The zero-order valence-electron chi connectivity index (χ0n) is 17.9. The molecule has 0 bridgehead atoms. The van der Waals surface area contributed by atoms with Gasteiger partial charge in [0.15, 0.2) is 11.6 Å². The van der Waals surface area contributed by atoms with Crippen molar-refractivity contribution in [3.05, 3.63) is 101 Å². The predicted octanol–water partition coefficient (Wildman–Crippen LogP) is 7.62. The van der Waals surface area contributed by atoms with Crippen LogP contribution in [0.2, 0.25) is 0 Å². The lowest BCUT2D eigenvalue weighted by Crippen LogP contribution is -2.02. The molecule has 0 saturated heterocycles. The molecule has 1 nitrogen and oxygen atoms in total. The van der Waals surface area contributed by atoms with Crippen LogP contribution in [0.1, 0.15) is 37.0 Å². The predicted molar refractivity (Wildman–Crippen MR) is 120 cm³/mol. The van der Waals surface area contributed by atoms with Gasteiger partial charge >= 0.3 is 0 Å². The number of benzene rings is 3. The third-order valence-corrected chi connectivity index (χ3v) is 5.21. The Kier molecular flexibility index (Phi) is 7.94. The van der Waals surface area contributed by atoms with Crippen molar-refractivity contribution < 1.29 is 17.9 Å². The van der Waals surface area contributed by atoms with Crippen molar-refractivity contribution in [2.24, 2.45) is 0 Å². The van der Waals surface area contributed by atoms with Gasteiger partial charge in [0.25, 0.3) is 0 Å². The molecule has 0 fully saturated rings. The molecule has 3 rings (SSSR count). The smallest absolute Gasteiger partial charge is 0.200 e. The maximum atomic E-state index is 14.2. The quantitative estimate of drug-likeness (QED) is 0.343. The number of aryl methyl sites for hydroxylation is 3. The Bertz CT molecular complexity index is 1020. The van der Waals surface area contributed by atoms with E-state index in [1.54, 1.807) is 19.1 Å². The molecule has 0 aliphatic carbocycles. The molecule has 0 N–H and O–H groups in total. The van der Waals surface area contributed by atoms with Crippen LogP contribution < -0.4 is 4.74 Å². The zero-order valence-corrected chi connectivity index (χ0v) is 17.9. The first-order chi connectivity index (χ1) is 15.0. The molecule has 0 aliphatic rings. The number of halogens is 3. The second-order valence-corrected chi connectivity index (χ2v) is 7.51. The van der Waals surface area contributed by atoms with Crippen LogP contribution in [0.25, 0.3) is 11.1 Å². The zero-order chi connectivity index (χ0) is 22.2. The molecular weight excluding hydrogens is 397 g/mol. The van der Waals surface area contributed by atoms with Gasteiger partial charge in [0.1, 0.15) is 0 Å². The van der Waals surface area contributed by atoms with Crippen molar-refractivity contribution in [2.45, 2.75) is 39.5 Å². The molecule has 0 aliphatic heterocycles. The average molecular weight is 425 g/mol. The van der Waals surface area contributed by atoms with Crippen LogP contribution in [-0.2, 0) is 19.3 Å². The van der Waals surface area contributed by atoms with E-state index in [2.05, 4.69) is 24.3 Å². The lowest BCUT2D eigenvalue weighted by Gasteiger charge is -2.09. The van der Waals surface area contributed by atoms with Crippen LogP contribution in [0.3, 0.4) is 0 Å². The summed E-state index contributed by atoms with van der Waals surface area (Å²) < 4.78 is 46.1. The Labute approximate surface area is 182 Å². The molecule has 3 aromatic carbocycles. The molecule has 3 aromatic rings. The second kappa shape index (κ2) is 10.9. The van der Waals surface area contributed by atoms with E-state index in [1.165, 1.54) is 18.6 Å². The largest absolute Gasteiger partial charge is 0.491 e. The Morgan fingerprint density at radius 1 is 0.774 bits per heavy atom. The number of ether oxygens (including phenoxy) is 1. The molecule has 0 unspecified atom stereocenters. The van der Waals surface area contributed by atoms with Gasteiger partial charge in [-0.2, -0.15) is 4.39 Å². The van der Waals surface area contributed by atoms with Gasteiger partial charge in [-0.1, -0.05) is 60.7 Å². The van der Waals surface area contributed by atoms with Crippen LogP contribution >= 0.6 is 0 Å². The maximum absolute atomic E-state index is 14.2. The van der Waals surface area contributed by atoms with Crippen molar-refractivity contribution in [1.29, 1.82) is 0 Å². The first-order valence-electron chi connectivity index (χ1n) is 10.6. The van der Waals surface area contributed by atoms with E-state index in [-0.39, 0.29) is 11.6 Å². The second-order valence-electron chi connectivity index (χ2n) is 7.51.